The van der Waals surface area contributed by atoms with Gasteiger partial charge in [0.25, 0.3) is 5.91 Å². The van der Waals surface area contributed by atoms with Gasteiger partial charge in [-0.15, -0.1) is 0 Å². The number of nitrogens with one attached hydrogen (secondary N) is 2. The van der Waals surface area contributed by atoms with Crippen LogP contribution in [0.15, 0.2) is 24.3 Å². The van der Waals surface area contributed by atoms with Crippen molar-refractivity contribution in [2.24, 2.45) is 5.92 Å². The van der Waals surface area contributed by atoms with Crippen LogP contribution in [0.3, 0.4) is 0 Å². The van der Waals surface area contributed by atoms with Gasteiger partial charge in [0.15, 0.2) is 0 Å². The zero-order valence-corrected chi connectivity index (χ0v) is 17.5. The first-order valence-corrected chi connectivity index (χ1v) is 9.54. The molecule has 0 aliphatic carbocycles. The van der Waals surface area contributed by atoms with E-state index >= 15 is 0 Å². The minimum atomic E-state index is -1.09. The van der Waals surface area contributed by atoms with Crippen molar-refractivity contribution in [2.75, 3.05) is 13.7 Å². The Morgan fingerprint density at radius 3 is 2.48 bits per heavy atom. The molecule has 1 aromatic rings. The number of urea groups is 1. The van der Waals surface area contributed by atoms with Crippen LogP contribution in [0.1, 0.15) is 39.7 Å². The van der Waals surface area contributed by atoms with E-state index in [1.54, 1.807) is 21.0 Å². The van der Waals surface area contributed by atoms with Gasteiger partial charge in [-0.2, -0.15) is 5.26 Å². The first kappa shape index (κ1) is 22.2. The lowest BCUT2D eigenvalue weighted by Gasteiger charge is -2.28. The predicted molar refractivity (Wildman–Crippen MR) is 107 cm³/mol. The quantitative estimate of drug-likeness (QED) is 0.648. The predicted octanol–water partition coefficient (Wildman–Crippen LogP) is 1.99. The topological polar surface area (TPSA) is 112 Å². The number of ether oxygens (including phenoxy) is 1. The number of nitriles is 1. The van der Waals surface area contributed by atoms with Crippen molar-refractivity contribution in [3.63, 3.8) is 0 Å². The molecule has 2 N–H and O–H groups in total. The van der Waals surface area contributed by atoms with E-state index in [9.17, 15) is 19.6 Å². The molecule has 1 heterocycles. The number of aryl methyl sites for hydroxylation is 1. The number of benzene rings is 1. The smallest absolute Gasteiger partial charge is 0.325 e. The van der Waals surface area contributed by atoms with Crippen molar-refractivity contribution in [1.82, 2.24) is 15.5 Å². The molecule has 4 amide bonds. The molecule has 0 saturated carbocycles. The highest BCUT2D eigenvalue weighted by Gasteiger charge is 2.48. The number of hydrogen-bond acceptors (Lipinski definition) is 5. The molecule has 8 heteroatoms. The van der Waals surface area contributed by atoms with Crippen LogP contribution in [-0.2, 0) is 16.0 Å². The zero-order valence-electron chi connectivity index (χ0n) is 17.5. The lowest BCUT2D eigenvalue weighted by Crippen LogP contribution is -2.52. The van der Waals surface area contributed by atoms with Gasteiger partial charge >= 0.3 is 6.03 Å². The third-order valence-corrected chi connectivity index (χ3v) is 5.51. The highest BCUT2D eigenvalue weighted by atomic mass is 16.5. The summed E-state index contributed by atoms with van der Waals surface area (Å²) < 4.78 is 5.13. The van der Waals surface area contributed by atoms with Crippen LogP contribution in [0.4, 0.5) is 4.79 Å². The number of imide groups is 1. The van der Waals surface area contributed by atoms with Crippen molar-refractivity contribution in [1.29, 1.82) is 5.26 Å². The summed E-state index contributed by atoms with van der Waals surface area (Å²) in [5, 5.41) is 14.6. The maximum Gasteiger partial charge on any atom is 0.325 e. The monoisotopic (exact) mass is 400 g/mol. The van der Waals surface area contributed by atoms with Crippen LogP contribution in [0, 0.1) is 17.2 Å². The number of hydrogen-bond donors (Lipinski definition) is 2. The number of carbonyl (C=O) groups is 3. The maximum atomic E-state index is 12.8. The van der Waals surface area contributed by atoms with Crippen LogP contribution < -0.4 is 15.4 Å². The second-order valence-corrected chi connectivity index (χ2v) is 8.02. The van der Waals surface area contributed by atoms with Crippen molar-refractivity contribution in [3.8, 4) is 11.8 Å². The van der Waals surface area contributed by atoms with E-state index in [1.807, 2.05) is 38.1 Å². The van der Waals surface area contributed by atoms with Gasteiger partial charge < -0.3 is 15.4 Å². The molecule has 8 nitrogen and oxygen atoms in total. The van der Waals surface area contributed by atoms with Gasteiger partial charge in [-0.25, -0.2) is 4.79 Å². The number of carbonyl (C=O) groups excluding carboxylic acids is 3. The molecule has 1 aliphatic rings. The molecule has 1 aromatic carbocycles. The Kier molecular flexibility index (Phi) is 6.52. The van der Waals surface area contributed by atoms with Gasteiger partial charge in [0.2, 0.25) is 5.91 Å². The molecule has 1 fully saturated rings. The minimum absolute atomic E-state index is 0.130. The second-order valence-electron chi connectivity index (χ2n) is 8.02. The largest absolute Gasteiger partial charge is 0.497 e. The average Bonchev–Trinajstić information content (AvgIpc) is 2.90. The Balaban J connectivity index is 2.02. The first-order valence-electron chi connectivity index (χ1n) is 9.54. The summed E-state index contributed by atoms with van der Waals surface area (Å²) >= 11 is 0. The molecule has 1 saturated heterocycles. The minimum Gasteiger partial charge on any atom is -0.497 e. The Morgan fingerprint density at radius 1 is 1.34 bits per heavy atom. The third kappa shape index (κ3) is 4.86. The van der Waals surface area contributed by atoms with Crippen molar-refractivity contribution in [2.45, 2.75) is 51.6 Å². The van der Waals surface area contributed by atoms with E-state index in [2.05, 4.69) is 16.7 Å². The van der Waals surface area contributed by atoms with Gasteiger partial charge in [0.1, 0.15) is 23.4 Å². The van der Waals surface area contributed by atoms with Crippen molar-refractivity contribution >= 4 is 17.8 Å². The summed E-state index contributed by atoms with van der Waals surface area (Å²) in [4.78, 5) is 38.4. The lowest BCUT2D eigenvalue weighted by atomic mass is 9.90. The number of nitrogens with zero attached hydrogens (tertiary/aromatic N) is 2. The number of methoxy groups -OCH3 is 1. The SMILES string of the molecule is COc1ccc(CC[C@@]2(C)NC(=O)N(CC(=O)N[C@](C)(C#N)C(C)C)C2=O)cc1. The molecular formula is C21H28N4O4. The van der Waals surface area contributed by atoms with Gasteiger partial charge in [-0.05, 0) is 50.3 Å². The van der Waals surface area contributed by atoms with Crippen LogP contribution in [0.25, 0.3) is 0 Å². The van der Waals surface area contributed by atoms with E-state index in [-0.39, 0.29) is 5.92 Å². The zero-order chi connectivity index (χ0) is 21.8. The molecule has 0 unspecified atom stereocenters. The summed E-state index contributed by atoms with van der Waals surface area (Å²) in [5.74, 6) is -0.387. The first-order chi connectivity index (χ1) is 13.5. The fraction of sp³-hybridized carbons (Fsp3) is 0.524. The summed E-state index contributed by atoms with van der Waals surface area (Å²) in [6.45, 7) is 6.47. The molecular weight excluding hydrogens is 372 g/mol. The summed E-state index contributed by atoms with van der Waals surface area (Å²) in [6, 6.07) is 8.96. The van der Waals surface area contributed by atoms with Crippen molar-refractivity contribution in [3.05, 3.63) is 29.8 Å². The molecule has 0 radical (unpaired) electrons. The fourth-order valence-electron chi connectivity index (χ4n) is 3.02. The van der Waals surface area contributed by atoms with Gasteiger partial charge in [0, 0.05) is 0 Å². The molecule has 156 valence electrons. The molecule has 29 heavy (non-hydrogen) atoms. The van der Waals surface area contributed by atoms with E-state index in [1.165, 1.54) is 0 Å². The van der Waals surface area contributed by atoms with E-state index < -0.39 is 35.5 Å². The molecule has 0 spiro atoms. The Labute approximate surface area is 171 Å². The highest BCUT2D eigenvalue weighted by molar-refractivity contribution is 6.08. The normalized spacial score (nSPS) is 20.8. The van der Waals surface area contributed by atoms with Gasteiger partial charge in [-0.3, -0.25) is 14.5 Å². The average molecular weight is 400 g/mol. The van der Waals surface area contributed by atoms with Crippen molar-refractivity contribution < 1.29 is 19.1 Å². The fourth-order valence-corrected chi connectivity index (χ4v) is 3.02. The van der Waals surface area contributed by atoms with E-state index in [4.69, 9.17) is 4.74 Å². The van der Waals surface area contributed by atoms with Crippen LogP contribution in [0.5, 0.6) is 5.75 Å². The van der Waals surface area contributed by atoms with E-state index in [0.717, 1.165) is 16.2 Å². The summed E-state index contributed by atoms with van der Waals surface area (Å²) in [5.41, 5.74) is -1.16. The third-order valence-electron chi connectivity index (χ3n) is 5.51. The molecule has 0 bridgehead atoms. The Morgan fingerprint density at radius 2 is 1.97 bits per heavy atom. The standard InChI is InChI=1S/C21H28N4O4/c1-14(2)21(4,13-22)23-17(26)12-25-18(27)20(3,24-19(25)28)11-10-15-6-8-16(29-5)9-7-15/h6-9,14H,10-12H2,1-5H3,(H,23,26)(H,24,28)/t20-,21-/m1/s1. The number of rotatable bonds is 8. The second kappa shape index (κ2) is 8.52. The van der Waals surface area contributed by atoms with Crippen LogP contribution >= 0.6 is 0 Å². The molecule has 2 rings (SSSR count). The maximum absolute atomic E-state index is 12.8. The van der Waals surface area contributed by atoms with Crippen LogP contribution in [0.2, 0.25) is 0 Å². The summed E-state index contributed by atoms with van der Waals surface area (Å²) in [7, 11) is 1.59. The van der Waals surface area contributed by atoms with Crippen LogP contribution in [-0.4, -0.2) is 47.5 Å². The molecule has 1 aliphatic heterocycles. The van der Waals surface area contributed by atoms with Gasteiger partial charge in [0.05, 0.1) is 13.2 Å². The number of amides is 4. The molecule has 0 aromatic heterocycles. The highest BCUT2D eigenvalue weighted by Crippen LogP contribution is 2.24. The molecule has 2 atom stereocenters. The van der Waals surface area contributed by atoms with Gasteiger partial charge in [-0.1, -0.05) is 26.0 Å². The lowest BCUT2D eigenvalue weighted by molar-refractivity contribution is -0.135. The van der Waals surface area contributed by atoms with E-state index in [0.29, 0.717) is 12.8 Å². The Bertz CT molecular complexity index is 830. The Hall–Kier alpha value is -3.08. The summed E-state index contributed by atoms with van der Waals surface area (Å²) in [6.07, 6.45) is 0.969.